The van der Waals surface area contributed by atoms with Crippen LogP contribution in [0, 0.1) is 0 Å². The third-order valence-corrected chi connectivity index (χ3v) is 8.79. The van der Waals surface area contributed by atoms with Gasteiger partial charge in [0.15, 0.2) is 0 Å². The molecular formula is C39H40N4. The molecule has 0 bridgehead atoms. The van der Waals surface area contributed by atoms with E-state index in [1.807, 2.05) is 0 Å². The maximum Gasteiger partial charge on any atom is 0.0699 e. The molecule has 43 heavy (non-hydrogen) atoms. The molecule has 0 radical (unpaired) electrons. The minimum absolute atomic E-state index is 0.0522. The lowest BCUT2D eigenvalue weighted by atomic mass is 9.92. The van der Waals surface area contributed by atoms with E-state index in [9.17, 15) is 0 Å². The standard InChI is InChI=1S/C39H40N4/c1-38(2,3)42-34-23-13-9-19-30(34)40(31-20-10-14-24-35(31)42)28-27-39(4,5)43-36-25-15-11-21-32(36)41(29-17-7-6-8-18-29)33-22-12-16-26-37(33)43/h6-26H,27-28H2,1-5H3. The summed E-state index contributed by atoms with van der Waals surface area (Å²) in [5.41, 5.74) is 10.9. The van der Waals surface area contributed by atoms with Crippen LogP contribution in [0.1, 0.15) is 41.0 Å². The summed E-state index contributed by atoms with van der Waals surface area (Å²) < 4.78 is 0. The summed E-state index contributed by atoms with van der Waals surface area (Å²) in [5, 5.41) is 0. The molecular weight excluding hydrogens is 524 g/mol. The molecule has 5 aromatic carbocycles. The molecule has 0 aliphatic carbocycles. The smallest absolute Gasteiger partial charge is 0.0699 e. The lowest BCUT2D eigenvalue weighted by molar-refractivity contribution is 0.468. The minimum Gasteiger partial charge on any atom is -0.338 e. The Bertz CT molecular complexity index is 1670. The Morgan fingerprint density at radius 3 is 1.23 bits per heavy atom. The van der Waals surface area contributed by atoms with Gasteiger partial charge in [0.1, 0.15) is 0 Å². The zero-order chi connectivity index (χ0) is 29.8. The van der Waals surface area contributed by atoms with Crippen molar-refractivity contribution in [3.05, 3.63) is 127 Å². The fourth-order valence-corrected chi connectivity index (χ4v) is 6.93. The van der Waals surface area contributed by atoms with Gasteiger partial charge in [0.2, 0.25) is 0 Å². The molecule has 0 saturated heterocycles. The van der Waals surface area contributed by atoms with E-state index in [4.69, 9.17) is 0 Å². The van der Waals surface area contributed by atoms with Crippen molar-refractivity contribution in [2.24, 2.45) is 0 Å². The molecule has 0 saturated carbocycles. The van der Waals surface area contributed by atoms with Gasteiger partial charge in [0.25, 0.3) is 0 Å². The largest absolute Gasteiger partial charge is 0.338 e. The SMILES string of the molecule is CC(C)(C)N1c2ccccc2N(CCC(C)(C)N2c3ccccc3N(c3ccccc3)c3ccccc32)c2ccccc21. The highest BCUT2D eigenvalue weighted by Gasteiger charge is 2.39. The first-order valence-corrected chi connectivity index (χ1v) is 15.3. The van der Waals surface area contributed by atoms with E-state index in [-0.39, 0.29) is 11.1 Å². The van der Waals surface area contributed by atoms with Gasteiger partial charge in [-0.3, -0.25) is 0 Å². The Kier molecular flexibility index (Phi) is 6.46. The number of hydrogen-bond donors (Lipinski definition) is 0. The second-order valence-corrected chi connectivity index (χ2v) is 13.2. The summed E-state index contributed by atoms with van der Waals surface area (Å²) >= 11 is 0. The number of fused-ring (bicyclic) bond motifs is 4. The first-order chi connectivity index (χ1) is 20.8. The number of hydrogen-bond acceptors (Lipinski definition) is 4. The van der Waals surface area contributed by atoms with E-state index >= 15 is 0 Å². The van der Waals surface area contributed by atoms with Crippen LogP contribution < -0.4 is 19.6 Å². The van der Waals surface area contributed by atoms with Gasteiger partial charge in [-0.25, -0.2) is 0 Å². The zero-order valence-corrected chi connectivity index (χ0v) is 25.8. The van der Waals surface area contributed by atoms with E-state index in [2.05, 4.69) is 182 Å². The highest BCUT2D eigenvalue weighted by Crippen LogP contribution is 2.55. The van der Waals surface area contributed by atoms with E-state index < -0.39 is 0 Å². The summed E-state index contributed by atoms with van der Waals surface area (Å²) in [7, 11) is 0. The molecule has 0 N–H and O–H groups in total. The van der Waals surface area contributed by atoms with Gasteiger partial charge in [0.05, 0.1) is 45.5 Å². The fraction of sp³-hybridized carbons (Fsp3) is 0.231. The van der Waals surface area contributed by atoms with Crippen LogP contribution in [0.2, 0.25) is 0 Å². The second-order valence-electron chi connectivity index (χ2n) is 13.2. The van der Waals surface area contributed by atoms with E-state index in [0.717, 1.165) is 13.0 Å². The molecule has 0 amide bonds. The molecule has 5 aromatic rings. The van der Waals surface area contributed by atoms with Crippen LogP contribution in [0.3, 0.4) is 0 Å². The highest BCUT2D eigenvalue weighted by atomic mass is 15.3. The predicted molar refractivity (Wildman–Crippen MR) is 184 cm³/mol. The Labute approximate surface area is 256 Å². The van der Waals surface area contributed by atoms with Crippen molar-refractivity contribution in [2.45, 2.75) is 52.1 Å². The monoisotopic (exact) mass is 564 g/mol. The van der Waals surface area contributed by atoms with Crippen molar-refractivity contribution in [3.8, 4) is 0 Å². The predicted octanol–water partition coefficient (Wildman–Crippen LogP) is 10.9. The molecule has 0 aromatic heterocycles. The van der Waals surface area contributed by atoms with E-state index in [1.54, 1.807) is 0 Å². The molecule has 0 unspecified atom stereocenters. The summed E-state index contributed by atoms with van der Waals surface area (Å²) in [6.45, 7) is 12.6. The van der Waals surface area contributed by atoms with Crippen molar-refractivity contribution in [1.82, 2.24) is 0 Å². The molecule has 216 valence electrons. The summed E-state index contributed by atoms with van der Waals surface area (Å²) in [4.78, 5) is 10.00. The van der Waals surface area contributed by atoms with Crippen molar-refractivity contribution in [1.29, 1.82) is 0 Å². The normalized spacial score (nSPS) is 14.2. The molecule has 2 aliphatic rings. The fourth-order valence-electron chi connectivity index (χ4n) is 6.93. The van der Waals surface area contributed by atoms with Crippen LogP contribution in [-0.2, 0) is 0 Å². The Hall–Kier alpha value is -4.70. The third-order valence-electron chi connectivity index (χ3n) is 8.79. The van der Waals surface area contributed by atoms with Crippen LogP contribution in [-0.4, -0.2) is 17.6 Å². The van der Waals surface area contributed by atoms with Gasteiger partial charge in [-0.2, -0.15) is 0 Å². The average molecular weight is 565 g/mol. The van der Waals surface area contributed by atoms with Crippen LogP contribution in [0.4, 0.5) is 51.2 Å². The van der Waals surface area contributed by atoms with Crippen LogP contribution >= 0.6 is 0 Å². The summed E-state index contributed by atoms with van der Waals surface area (Å²) in [6.07, 6.45) is 0.958. The maximum atomic E-state index is 2.57. The van der Waals surface area contributed by atoms with Gasteiger partial charge < -0.3 is 19.6 Å². The minimum atomic E-state index is -0.181. The van der Waals surface area contributed by atoms with Gasteiger partial charge in [-0.05, 0) is 102 Å². The van der Waals surface area contributed by atoms with Crippen LogP contribution in [0.25, 0.3) is 0 Å². The molecule has 4 heteroatoms. The molecule has 2 heterocycles. The van der Waals surface area contributed by atoms with Crippen LogP contribution in [0.5, 0.6) is 0 Å². The van der Waals surface area contributed by atoms with Crippen molar-refractivity contribution < 1.29 is 0 Å². The average Bonchev–Trinajstić information content (AvgIpc) is 3.01. The lowest BCUT2D eigenvalue weighted by Crippen LogP contribution is -2.46. The zero-order valence-electron chi connectivity index (χ0n) is 25.8. The molecule has 0 atom stereocenters. The van der Waals surface area contributed by atoms with Crippen LogP contribution in [0.15, 0.2) is 127 Å². The quantitative estimate of drug-likeness (QED) is 0.210. The summed E-state index contributed by atoms with van der Waals surface area (Å²) in [5.74, 6) is 0. The first-order valence-electron chi connectivity index (χ1n) is 15.3. The van der Waals surface area contributed by atoms with Crippen molar-refractivity contribution in [3.63, 3.8) is 0 Å². The first kappa shape index (κ1) is 27.2. The molecule has 2 aliphatic heterocycles. The number of benzene rings is 5. The molecule has 4 nitrogen and oxygen atoms in total. The second kappa shape index (κ2) is 10.2. The number of para-hydroxylation sites is 9. The number of anilines is 9. The van der Waals surface area contributed by atoms with Crippen molar-refractivity contribution in [2.75, 3.05) is 26.1 Å². The molecule has 0 spiro atoms. The van der Waals surface area contributed by atoms with Gasteiger partial charge in [-0.1, -0.05) is 66.7 Å². The van der Waals surface area contributed by atoms with Crippen molar-refractivity contribution >= 4 is 51.2 Å². The summed E-state index contributed by atoms with van der Waals surface area (Å²) in [6, 6.07) is 46.1. The topological polar surface area (TPSA) is 13.0 Å². The third kappa shape index (κ3) is 4.53. The maximum absolute atomic E-state index is 2.57. The lowest BCUT2D eigenvalue weighted by Gasteiger charge is -2.49. The Morgan fingerprint density at radius 2 is 0.791 bits per heavy atom. The Balaban J connectivity index is 1.29. The van der Waals surface area contributed by atoms with Gasteiger partial charge in [-0.15, -0.1) is 0 Å². The van der Waals surface area contributed by atoms with E-state index in [1.165, 1.54) is 51.2 Å². The van der Waals surface area contributed by atoms with E-state index in [0.29, 0.717) is 0 Å². The number of rotatable bonds is 5. The van der Waals surface area contributed by atoms with Gasteiger partial charge >= 0.3 is 0 Å². The number of nitrogens with zero attached hydrogens (tertiary/aromatic N) is 4. The highest BCUT2D eigenvalue weighted by molar-refractivity contribution is 5.98. The Morgan fingerprint density at radius 1 is 0.419 bits per heavy atom. The molecule has 7 rings (SSSR count). The van der Waals surface area contributed by atoms with Gasteiger partial charge in [0, 0.05) is 23.3 Å². The molecule has 0 fully saturated rings.